The maximum absolute atomic E-state index is 14.5. The van der Waals surface area contributed by atoms with Crippen molar-refractivity contribution < 1.29 is 32.2 Å². The lowest BCUT2D eigenvalue weighted by Crippen LogP contribution is -2.07. The highest BCUT2D eigenvalue weighted by Gasteiger charge is 2.20. The molecule has 0 bridgehead atoms. The number of benzene rings is 2. The fourth-order valence-corrected chi connectivity index (χ4v) is 4.19. The molecule has 0 saturated carbocycles. The standard InChI is InChI=1S/C21H18FNO6S/c1-28-19-5-3-4-16(20(19)22)14-9-15(11-23-10-14)30(26,27)12-13-6-7-17(18(24)8-13)21(25)29-2/h3-11,24H,12H2,1-2H3. The SMILES string of the molecule is COC(=O)c1ccc(CS(=O)(=O)c2cncc(-c3cccc(OC)c3F)c2)cc1O. The number of hydrogen-bond donors (Lipinski definition) is 1. The Morgan fingerprint density at radius 2 is 1.90 bits per heavy atom. The number of halogens is 1. The van der Waals surface area contributed by atoms with Gasteiger partial charge in [-0.15, -0.1) is 0 Å². The predicted octanol–water partition coefficient (Wildman–Crippen LogP) is 3.36. The van der Waals surface area contributed by atoms with Crippen molar-refractivity contribution in [2.45, 2.75) is 10.6 Å². The zero-order valence-electron chi connectivity index (χ0n) is 16.1. The normalized spacial score (nSPS) is 11.2. The molecule has 0 radical (unpaired) electrons. The minimum absolute atomic E-state index is 0.0296. The van der Waals surface area contributed by atoms with Crippen LogP contribution in [0.15, 0.2) is 59.8 Å². The summed E-state index contributed by atoms with van der Waals surface area (Å²) in [5, 5.41) is 9.97. The summed E-state index contributed by atoms with van der Waals surface area (Å²) in [6, 6.07) is 9.73. The second kappa shape index (κ2) is 8.50. The number of ether oxygens (including phenoxy) is 2. The predicted molar refractivity (Wildman–Crippen MR) is 107 cm³/mol. The Hall–Kier alpha value is -3.46. The summed E-state index contributed by atoms with van der Waals surface area (Å²) in [4.78, 5) is 15.4. The Labute approximate surface area is 172 Å². The summed E-state index contributed by atoms with van der Waals surface area (Å²) in [6.07, 6.45) is 2.52. The van der Waals surface area contributed by atoms with Gasteiger partial charge in [0.25, 0.3) is 0 Å². The third-order valence-corrected chi connectivity index (χ3v) is 6.05. The van der Waals surface area contributed by atoms with Crippen molar-refractivity contribution >= 4 is 15.8 Å². The second-order valence-electron chi connectivity index (χ2n) is 6.33. The van der Waals surface area contributed by atoms with E-state index >= 15 is 0 Å². The molecule has 1 N–H and O–H groups in total. The zero-order chi connectivity index (χ0) is 21.9. The van der Waals surface area contributed by atoms with E-state index in [1.807, 2.05) is 0 Å². The molecule has 3 rings (SSSR count). The van der Waals surface area contributed by atoms with Crippen LogP contribution >= 0.6 is 0 Å². The van der Waals surface area contributed by atoms with E-state index in [2.05, 4.69) is 9.72 Å². The quantitative estimate of drug-likeness (QED) is 0.597. The van der Waals surface area contributed by atoms with Gasteiger partial charge >= 0.3 is 5.97 Å². The Morgan fingerprint density at radius 3 is 2.57 bits per heavy atom. The van der Waals surface area contributed by atoms with Crippen LogP contribution in [0.1, 0.15) is 15.9 Å². The van der Waals surface area contributed by atoms with Crippen LogP contribution in [0.5, 0.6) is 11.5 Å². The fourth-order valence-electron chi connectivity index (χ4n) is 2.88. The van der Waals surface area contributed by atoms with Crippen molar-refractivity contribution in [2.75, 3.05) is 14.2 Å². The van der Waals surface area contributed by atoms with Gasteiger partial charge in [0.2, 0.25) is 0 Å². The van der Waals surface area contributed by atoms with Crippen LogP contribution in [0, 0.1) is 5.82 Å². The van der Waals surface area contributed by atoms with E-state index < -0.39 is 27.4 Å². The minimum atomic E-state index is -3.87. The molecule has 0 saturated heterocycles. The van der Waals surface area contributed by atoms with Gasteiger partial charge in [-0.1, -0.05) is 18.2 Å². The number of aromatic hydroxyl groups is 1. The molecule has 9 heteroatoms. The van der Waals surface area contributed by atoms with Gasteiger partial charge in [-0.2, -0.15) is 0 Å². The smallest absolute Gasteiger partial charge is 0.341 e. The van der Waals surface area contributed by atoms with Gasteiger partial charge in [0, 0.05) is 23.5 Å². The van der Waals surface area contributed by atoms with E-state index in [0.717, 1.165) is 0 Å². The summed E-state index contributed by atoms with van der Waals surface area (Å²) in [6.45, 7) is 0. The van der Waals surface area contributed by atoms with Crippen molar-refractivity contribution in [2.24, 2.45) is 0 Å². The average molecular weight is 431 g/mol. The molecular weight excluding hydrogens is 413 g/mol. The van der Waals surface area contributed by atoms with Crippen LogP contribution in [0.4, 0.5) is 4.39 Å². The Balaban J connectivity index is 1.94. The van der Waals surface area contributed by atoms with Crippen LogP contribution in [0.2, 0.25) is 0 Å². The molecule has 1 aromatic heterocycles. The van der Waals surface area contributed by atoms with E-state index in [1.54, 1.807) is 6.07 Å². The Bertz CT molecular complexity index is 1210. The first-order valence-corrected chi connectivity index (χ1v) is 10.3. The highest BCUT2D eigenvalue weighted by Crippen LogP contribution is 2.30. The highest BCUT2D eigenvalue weighted by molar-refractivity contribution is 7.90. The number of pyridine rings is 1. The topological polar surface area (TPSA) is 103 Å². The number of rotatable bonds is 6. The van der Waals surface area contributed by atoms with Gasteiger partial charge < -0.3 is 14.6 Å². The first kappa shape index (κ1) is 21.3. The lowest BCUT2D eigenvalue weighted by molar-refractivity contribution is 0.0597. The molecule has 0 aliphatic rings. The van der Waals surface area contributed by atoms with Crippen molar-refractivity contribution in [3.63, 3.8) is 0 Å². The molecule has 30 heavy (non-hydrogen) atoms. The number of phenols is 1. The molecule has 0 aliphatic heterocycles. The van der Waals surface area contributed by atoms with Crippen LogP contribution in [-0.2, 0) is 20.3 Å². The summed E-state index contributed by atoms with van der Waals surface area (Å²) in [5.74, 6) is -2.17. The maximum Gasteiger partial charge on any atom is 0.341 e. The Morgan fingerprint density at radius 1 is 1.13 bits per heavy atom. The maximum atomic E-state index is 14.5. The van der Waals surface area contributed by atoms with E-state index in [0.29, 0.717) is 0 Å². The molecule has 0 amide bonds. The summed E-state index contributed by atoms with van der Waals surface area (Å²) in [7, 11) is -1.36. The first-order chi connectivity index (χ1) is 14.3. The number of nitrogens with zero attached hydrogens (tertiary/aromatic N) is 1. The van der Waals surface area contributed by atoms with E-state index in [-0.39, 0.29) is 38.6 Å². The van der Waals surface area contributed by atoms with Crippen LogP contribution < -0.4 is 4.74 Å². The molecule has 2 aromatic carbocycles. The number of hydrogen-bond acceptors (Lipinski definition) is 7. The molecule has 0 atom stereocenters. The third-order valence-electron chi connectivity index (χ3n) is 4.39. The van der Waals surface area contributed by atoms with Crippen LogP contribution in [0.25, 0.3) is 11.1 Å². The van der Waals surface area contributed by atoms with Gasteiger partial charge in [0.15, 0.2) is 21.4 Å². The summed E-state index contributed by atoms with van der Waals surface area (Å²) < 4.78 is 49.7. The molecular formula is C21H18FNO6S. The average Bonchev–Trinajstić information content (AvgIpc) is 2.73. The van der Waals surface area contributed by atoms with Crippen LogP contribution in [-0.4, -0.2) is 38.7 Å². The molecule has 156 valence electrons. The van der Waals surface area contributed by atoms with Gasteiger partial charge in [-0.05, 0) is 29.8 Å². The minimum Gasteiger partial charge on any atom is -0.507 e. The lowest BCUT2D eigenvalue weighted by atomic mass is 10.1. The van der Waals surface area contributed by atoms with Gasteiger partial charge in [0.1, 0.15) is 11.3 Å². The largest absolute Gasteiger partial charge is 0.507 e. The number of carbonyl (C=O) groups excluding carboxylic acids is 1. The second-order valence-corrected chi connectivity index (χ2v) is 8.32. The number of sulfone groups is 1. The number of esters is 1. The molecule has 0 unspecified atom stereocenters. The molecule has 0 aliphatic carbocycles. The van der Waals surface area contributed by atoms with Crippen LogP contribution in [0.3, 0.4) is 0 Å². The van der Waals surface area contributed by atoms with Crippen molar-refractivity contribution in [1.82, 2.24) is 4.98 Å². The monoisotopic (exact) mass is 431 g/mol. The number of phenolic OH excluding ortho intramolecular Hbond substituents is 1. The molecule has 1 heterocycles. The highest BCUT2D eigenvalue weighted by atomic mass is 32.2. The zero-order valence-corrected chi connectivity index (χ0v) is 16.9. The van der Waals surface area contributed by atoms with E-state index in [4.69, 9.17) is 4.74 Å². The van der Waals surface area contributed by atoms with Gasteiger partial charge in [-0.25, -0.2) is 17.6 Å². The van der Waals surface area contributed by atoms with Crippen molar-refractivity contribution in [1.29, 1.82) is 0 Å². The molecule has 7 nitrogen and oxygen atoms in total. The number of methoxy groups -OCH3 is 2. The molecule has 0 fully saturated rings. The number of aromatic nitrogens is 1. The number of carbonyl (C=O) groups is 1. The van der Waals surface area contributed by atoms with E-state index in [1.165, 1.54) is 63.0 Å². The Kier molecular flexibility index (Phi) is 6.02. The van der Waals surface area contributed by atoms with Gasteiger partial charge in [-0.3, -0.25) is 4.98 Å². The van der Waals surface area contributed by atoms with Crippen molar-refractivity contribution in [3.8, 4) is 22.6 Å². The van der Waals surface area contributed by atoms with Gasteiger partial charge in [0.05, 0.1) is 24.9 Å². The lowest BCUT2D eigenvalue weighted by Gasteiger charge is -2.10. The molecule has 3 aromatic rings. The van der Waals surface area contributed by atoms with E-state index in [9.17, 15) is 22.7 Å². The summed E-state index contributed by atoms with van der Waals surface area (Å²) in [5.41, 5.74) is 0.615. The fraction of sp³-hybridized carbons (Fsp3) is 0.143. The summed E-state index contributed by atoms with van der Waals surface area (Å²) >= 11 is 0. The van der Waals surface area contributed by atoms with Crippen molar-refractivity contribution in [3.05, 3.63) is 71.8 Å². The molecule has 0 spiro atoms. The first-order valence-electron chi connectivity index (χ1n) is 8.67. The third kappa shape index (κ3) is 4.25.